The number of hydrogen-bond donors (Lipinski definition) is 3. The largest absolute Gasteiger partial charge is 0.472 e. The number of aliphatic hydroxyl groups is 1. The molecule has 0 fully saturated rings. The summed E-state index contributed by atoms with van der Waals surface area (Å²) < 4.78 is 68.2. The lowest BCUT2D eigenvalue weighted by atomic mass is 10.0. The van der Waals surface area contributed by atoms with Crippen molar-refractivity contribution in [3.63, 3.8) is 0 Å². The number of carbonyl (C=O) groups excluding carboxylic acids is 4. The van der Waals surface area contributed by atoms with E-state index >= 15 is 0 Å². The van der Waals surface area contributed by atoms with Crippen molar-refractivity contribution in [3.8, 4) is 0 Å². The average Bonchev–Trinajstić information content (AvgIpc) is 3.72. The van der Waals surface area contributed by atoms with Gasteiger partial charge in [0.25, 0.3) is 0 Å². The van der Waals surface area contributed by atoms with Crippen molar-refractivity contribution in [1.82, 2.24) is 0 Å². The molecule has 17 nitrogen and oxygen atoms in total. The molecule has 3 N–H and O–H groups in total. The van der Waals surface area contributed by atoms with Crippen molar-refractivity contribution in [2.75, 3.05) is 39.6 Å². The van der Waals surface area contributed by atoms with Gasteiger partial charge in [0.2, 0.25) is 0 Å². The fraction of sp³-hybridized carbons (Fsp3) is 0.944. The smallest absolute Gasteiger partial charge is 0.462 e. The summed E-state index contributed by atoms with van der Waals surface area (Å²) in [7, 11) is -9.89. The molecule has 0 saturated heterocycles. The van der Waals surface area contributed by atoms with Gasteiger partial charge in [-0.25, -0.2) is 9.13 Å². The quantitative estimate of drug-likeness (QED) is 0.0222. The van der Waals surface area contributed by atoms with E-state index in [1.165, 1.54) is 186 Å². The van der Waals surface area contributed by atoms with Gasteiger partial charge >= 0.3 is 39.5 Å². The Kier molecular flexibility index (Phi) is 64.0. The highest BCUT2D eigenvalue weighted by molar-refractivity contribution is 7.47. The van der Waals surface area contributed by atoms with E-state index in [9.17, 15) is 43.2 Å². The van der Waals surface area contributed by atoms with Crippen LogP contribution in [-0.4, -0.2) is 96.7 Å². The lowest BCUT2D eigenvalue weighted by Crippen LogP contribution is -2.30. The standard InChI is InChI=1S/C72H140O17P2/c1-6-9-12-15-18-21-22-23-24-25-26-27-28-29-30-31-34-38-43-48-53-58-72(77)89-68(62-83-70(75)56-51-46-42-37-35-32-33-36-39-44-49-54-65(4)5)64-87-91(80,81)85-60-66(73)59-84-90(78,79)86-63-67(88-71(76)57-52-47-41-20-17-14-11-8-3)61-82-69(74)55-50-45-40-19-16-13-10-7-2/h65-68,73H,6-64H2,1-5H3,(H,78,79)(H,80,81)/t66-,67+,68+/m0/s1. The van der Waals surface area contributed by atoms with Crippen LogP contribution >= 0.6 is 15.6 Å². The molecule has 0 spiro atoms. The van der Waals surface area contributed by atoms with Crippen LogP contribution in [-0.2, 0) is 65.4 Å². The van der Waals surface area contributed by atoms with Gasteiger partial charge in [-0.05, 0) is 31.6 Å². The third kappa shape index (κ3) is 66.5. The molecule has 0 aromatic heterocycles. The van der Waals surface area contributed by atoms with Gasteiger partial charge < -0.3 is 33.8 Å². The number of hydrogen-bond acceptors (Lipinski definition) is 15. The maximum absolute atomic E-state index is 13.1. The van der Waals surface area contributed by atoms with Gasteiger partial charge in [0, 0.05) is 25.7 Å². The van der Waals surface area contributed by atoms with Crippen molar-refractivity contribution < 1.29 is 80.2 Å². The zero-order valence-corrected chi connectivity index (χ0v) is 60.8. The number of esters is 4. The number of rotatable bonds is 72. The Morgan fingerprint density at radius 2 is 0.505 bits per heavy atom. The third-order valence-corrected chi connectivity index (χ3v) is 18.7. The minimum Gasteiger partial charge on any atom is -0.462 e. The second kappa shape index (κ2) is 65.4. The molecule has 5 atom stereocenters. The molecule has 0 aromatic rings. The summed E-state index contributed by atoms with van der Waals surface area (Å²) in [5.74, 6) is -1.36. The molecular weight excluding hydrogens is 1200 g/mol. The van der Waals surface area contributed by atoms with Crippen LogP contribution in [0.2, 0.25) is 0 Å². The Hall–Kier alpha value is -1.94. The molecule has 0 heterocycles. The minimum atomic E-state index is -4.95. The second-order valence-corrected chi connectivity index (χ2v) is 29.4. The average molecular weight is 1340 g/mol. The first-order valence-electron chi connectivity index (χ1n) is 37.6. The zero-order valence-electron chi connectivity index (χ0n) is 59.0. The third-order valence-electron chi connectivity index (χ3n) is 16.8. The predicted molar refractivity (Wildman–Crippen MR) is 368 cm³/mol. The molecule has 0 radical (unpaired) electrons. The van der Waals surface area contributed by atoms with Gasteiger partial charge in [0.15, 0.2) is 12.2 Å². The van der Waals surface area contributed by atoms with E-state index < -0.39 is 97.5 Å². The van der Waals surface area contributed by atoms with Crippen LogP contribution in [0.3, 0.4) is 0 Å². The molecule has 0 amide bonds. The molecule has 0 aromatic carbocycles. The van der Waals surface area contributed by atoms with Crippen LogP contribution in [0.5, 0.6) is 0 Å². The number of carbonyl (C=O) groups is 4. The first-order chi connectivity index (χ1) is 44.0. The Morgan fingerprint density at radius 1 is 0.297 bits per heavy atom. The maximum atomic E-state index is 13.1. The van der Waals surface area contributed by atoms with Gasteiger partial charge in [0.1, 0.15) is 19.3 Å². The maximum Gasteiger partial charge on any atom is 0.472 e. The minimum absolute atomic E-state index is 0.105. The Morgan fingerprint density at radius 3 is 0.747 bits per heavy atom. The van der Waals surface area contributed by atoms with E-state index in [4.69, 9.17) is 37.0 Å². The van der Waals surface area contributed by atoms with E-state index in [0.29, 0.717) is 25.7 Å². The number of phosphoric acid groups is 2. The van der Waals surface area contributed by atoms with Gasteiger partial charge in [0.05, 0.1) is 26.4 Å². The SMILES string of the molecule is CCCCCCCCCCCCCCCCCCCCCCCC(=O)O[C@H](COC(=O)CCCCCCCCCCCCCC(C)C)COP(=O)(O)OC[C@@H](O)COP(=O)(O)OC[C@@H](COC(=O)CCCCCCCCCC)OC(=O)CCCCCCCCCC. The summed E-state index contributed by atoms with van der Waals surface area (Å²) in [6, 6.07) is 0. The molecule has 91 heavy (non-hydrogen) atoms. The van der Waals surface area contributed by atoms with E-state index in [2.05, 4.69) is 34.6 Å². The van der Waals surface area contributed by atoms with Gasteiger partial charge in [-0.2, -0.15) is 0 Å². The zero-order chi connectivity index (χ0) is 67.0. The topological polar surface area (TPSA) is 237 Å². The molecule has 0 saturated carbocycles. The van der Waals surface area contributed by atoms with Crippen LogP contribution < -0.4 is 0 Å². The van der Waals surface area contributed by atoms with Crippen LogP contribution in [0, 0.1) is 5.92 Å². The van der Waals surface area contributed by atoms with Crippen LogP contribution in [0.4, 0.5) is 0 Å². The van der Waals surface area contributed by atoms with Crippen LogP contribution in [0.1, 0.15) is 375 Å². The Balaban J connectivity index is 5.14. The summed E-state index contributed by atoms with van der Waals surface area (Å²) >= 11 is 0. The van der Waals surface area contributed by atoms with E-state index in [1.807, 2.05) is 0 Å². The highest BCUT2D eigenvalue weighted by atomic mass is 31.2. The summed E-state index contributed by atoms with van der Waals surface area (Å²) in [6.07, 6.45) is 53.0. The number of aliphatic hydroxyl groups excluding tert-OH is 1. The van der Waals surface area contributed by atoms with E-state index in [-0.39, 0.29) is 25.7 Å². The fourth-order valence-corrected chi connectivity index (χ4v) is 12.6. The lowest BCUT2D eigenvalue weighted by molar-refractivity contribution is -0.161. The number of phosphoric ester groups is 2. The van der Waals surface area contributed by atoms with Crippen molar-refractivity contribution in [2.24, 2.45) is 5.92 Å². The van der Waals surface area contributed by atoms with Gasteiger partial charge in [-0.1, -0.05) is 324 Å². The van der Waals surface area contributed by atoms with E-state index in [0.717, 1.165) is 109 Å². The molecular formula is C72H140O17P2. The summed E-state index contributed by atoms with van der Waals surface area (Å²) in [4.78, 5) is 72.4. The van der Waals surface area contributed by atoms with Gasteiger partial charge in [-0.3, -0.25) is 37.3 Å². The molecule has 0 rings (SSSR count). The van der Waals surface area contributed by atoms with Gasteiger partial charge in [-0.15, -0.1) is 0 Å². The summed E-state index contributed by atoms with van der Waals surface area (Å²) in [6.45, 7) is 7.20. The highest BCUT2D eigenvalue weighted by Crippen LogP contribution is 2.45. The summed E-state index contributed by atoms with van der Waals surface area (Å²) in [5, 5.41) is 10.6. The fourth-order valence-electron chi connectivity index (χ4n) is 11.0. The van der Waals surface area contributed by atoms with Crippen molar-refractivity contribution >= 4 is 39.5 Å². The van der Waals surface area contributed by atoms with E-state index in [1.54, 1.807) is 0 Å². The Labute approximate surface area is 556 Å². The molecule has 540 valence electrons. The molecule has 0 aliphatic heterocycles. The number of ether oxygens (including phenoxy) is 4. The second-order valence-electron chi connectivity index (χ2n) is 26.5. The van der Waals surface area contributed by atoms with Crippen molar-refractivity contribution in [1.29, 1.82) is 0 Å². The normalized spacial score (nSPS) is 14.0. The summed E-state index contributed by atoms with van der Waals surface area (Å²) in [5.41, 5.74) is 0. The van der Waals surface area contributed by atoms with Crippen molar-refractivity contribution in [2.45, 2.75) is 393 Å². The predicted octanol–water partition coefficient (Wildman–Crippen LogP) is 20.9. The molecule has 19 heteroatoms. The first-order valence-corrected chi connectivity index (χ1v) is 40.6. The monoisotopic (exact) mass is 1340 g/mol. The molecule has 0 aliphatic rings. The van der Waals surface area contributed by atoms with Crippen LogP contribution in [0.25, 0.3) is 0 Å². The molecule has 0 aliphatic carbocycles. The number of unbranched alkanes of at least 4 members (excludes halogenated alkanes) is 44. The molecule has 0 bridgehead atoms. The first kappa shape index (κ1) is 89.1. The molecule has 2 unspecified atom stereocenters. The Bertz CT molecular complexity index is 1750. The van der Waals surface area contributed by atoms with Crippen LogP contribution in [0.15, 0.2) is 0 Å². The van der Waals surface area contributed by atoms with Crippen molar-refractivity contribution in [3.05, 3.63) is 0 Å². The lowest BCUT2D eigenvalue weighted by Gasteiger charge is -2.21. The highest BCUT2D eigenvalue weighted by Gasteiger charge is 2.30.